The molecule has 0 aliphatic rings. The lowest BCUT2D eigenvalue weighted by atomic mass is 9.92. The number of aliphatic carboxylic acids is 1. The van der Waals surface area contributed by atoms with Crippen molar-refractivity contribution in [1.29, 1.82) is 0 Å². The topological polar surface area (TPSA) is 37.3 Å². The van der Waals surface area contributed by atoms with Crippen LogP contribution in [-0.4, -0.2) is 11.1 Å². The van der Waals surface area contributed by atoms with E-state index in [4.69, 9.17) is 11.6 Å². The summed E-state index contributed by atoms with van der Waals surface area (Å²) in [5.41, 5.74) is 0.870. The number of carboxylic acid groups (broad SMARTS) is 1. The zero-order valence-corrected chi connectivity index (χ0v) is 10.8. The molecule has 0 radical (unpaired) electrons. The molecule has 1 atom stereocenters. The number of hydrogen-bond acceptors (Lipinski definition) is 1. The van der Waals surface area contributed by atoms with E-state index in [1.165, 1.54) is 6.07 Å². The van der Waals surface area contributed by atoms with Crippen molar-refractivity contribution < 1.29 is 14.3 Å². The van der Waals surface area contributed by atoms with Gasteiger partial charge in [0.15, 0.2) is 0 Å². The molecule has 4 heteroatoms. The summed E-state index contributed by atoms with van der Waals surface area (Å²) in [5.74, 6) is -2.28. The number of benzene rings is 2. The second-order valence-electron chi connectivity index (χ2n) is 4.21. The van der Waals surface area contributed by atoms with E-state index in [0.717, 1.165) is 0 Å². The van der Waals surface area contributed by atoms with E-state index in [2.05, 4.69) is 0 Å². The van der Waals surface area contributed by atoms with Crippen LogP contribution in [0.1, 0.15) is 17.0 Å². The van der Waals surface area contributed by atoms with Gasteiger partial charge in [-0.2, -0.15) is 0 Å². The molecule has 0 aliphatic carbocycles. The SMILES string of the molecule is O=C(O)C(Cc1ccccc1F)c1ccccc1Cl. The Morgan fingerprint density at radius 1 is 1.16 bits per heavy atom. The molecule has 0 aliphatic heterocycles. The Balaban J connectivity index is 2.35. The molecule has 2 rings (SSSR count). The van der Waals surface area contributed by atoms with Crippen molar-refractivity contribution in [3.8, 4) is 0 Å². The van der Waals surface area contributed by atoms with Crippen LogP contribution in [-0.2, 0) is 11.2 Å². The molecule has 0 saturated heterocycles. The Labute approximate surface area is 115 Å². The Kier molecular flexibility index (Phi) is 4.17. The fourth-order valence-corrected chi connectivity index (χ4v) is 2.24. The first-order valence-electron chi connectivity index (χ1n) is 5.80. The van der Waals surface area contributed by atoms with Crippen LogP contribution < -0.4 is 0 Å². The summed E-state index contributed by atoms with van der Waals surface area (Å²) in [6, 6.07) is 12.9. The van der Waals surface area contributed by atoms with Gasteiger partial charge in [0.05, 0.1) is 5.92 Å². The molecule has 0 spiro atoms. The molecule has 1 N–H and O–H groups in total. The Morgan fingerprint density at radius 3 is 2.42 bits per heavy atom. The molecule has 2 aromatic carbocycles. The molecule has 1 unspecified atom stereocenters. The first kappa shape index (κ1) is 13.6. The molecule has 0 saturated carbocycles. The van der Waals surface area contributed by atoms with Gasteiger partial charge >= 0.3 is 5.97 Å². The van der Waals surface area contributed by atoms with Crippen LogP contribution in [0.15, 0.2) is 48.5 Å². The van der Waals surface area contributed by atoms with Crippen molar-refractivity contribution in [3.63, 3.8) is 0 Å². The van der Waals surface area contributed by atoms with Crippen LogP contribution in [0.25, 0.3) is 0 Å². The fourth-order valence-electron chi connectivity index (χ4n) is 1.97. The standard InChI is InChI=1S/C15H12ClFO2/c16-13-7-3-2-6-11(13)12(15(18)19)9-10-5-1-4-8-14(10)17/h1-8,12H,9H2,(H,18,19). The van der Waals surface area contributed by atoms with Gasteiger partial charge in [-0.05, 0) is 29.7 Å². The predicted octanol–water partition coefficient (Wildman–Crippen LogP) is 3.89. The Bertz CT molecular complexity index is 598. The van der Waals surface area contributed by atoms with Gasteiger partial charge in [-0.3, -0.25) is 4.79 Å². The molecular formula is C15H12ClFO2. The van der Waals surface area contributed by atoms with Crippen molar-refractivity contribution in [1.82, 2.24) is 0 Å². The molecular weight excluding hydrogens is 267 g/mol. The lowest BCUT2D eigenvalue weighted by Gasteiger charge is -2.14. The minimum atomic E-state index is -1.02. The van der Waals surface area contributed by atoms with Gasteiger partial charge in [-0.1, -0.05) is 48.0 Å². The van der Waals surface area contributed by atoms with Crippen molar-refractivity contribution in [3.05, 3.63) is 70.5 Å². The molecule has 0 bridgehead atoms. The van der Waals surface area contributed by atoms with Gasteiger partial charge in [-0.15, -0.1) is 0 Å². The van der Waals surface area contributed by atoms with Gasteiger partial charge in [-0.25, -0.2) is 4.39 Å². The summed E-state index contributed by atoms with van der Waals surface area (Å²) >= 11 is 6.01. The van der Waals surface area contributed by atoms with E-state index >= 15 is 0 Å². The second-order valence-corrected chi connectivity index (χ2v) is 4.62. The summed E-state index contributed by atoms with van der Waals surface area (Å²) in [6.45, 7) is 0. The molecule has 98 valence electrons. The highest BCUT2D eigenvalue weighted by molar-refractivity contribution is 6.31. The minimum Gasteiger partial charge on any atom is -0.481 e. The van der Waals surface area contributed by atoms with E-state index in [9.17, 15) is 14.3 Å². The van der Waals surface area contributed by atoms with Crippen molar-refractivity contribution in [2.24, 2.45) is 0 Å². The van der Waals surface area contributed by atoms with Crippen LogP contribution in [0.5, 0.6) is 0 Å². The van der Waals surface area contributed by atoms with Crippen molar-refractivity contribution in [2.45, 2.75) is 12.3 Å². The number of rotatable bonds is 4. The number of halogens is 2. The fraction of sp³-hybridized carbons (Fsp3) is 0.133. The summed E-state index contributed by atoms with van der Waals surface area (Å²) in [5, 5.41) is 9.70. The van der Waals surface area contributed by atoms with Gasteiger partial charge in [0.1, 0.15) is 5.82 Å². The second kappa shape index (κ2) is 5.85. The van der Waals surface area contributed by atoms with E-state index in [0.29, 0.717) is 16.1 Å². The normalized spacial score (nSPS) is 12.1. The molecule has 0 fully saturated rings. The van der Waals surface area contributed by atoms with Crippen LogP contribution in [0.3, 0.4) is 0 Å². The quantitative estimate of drug-likeness (QED) is 0.921. The van der Waals surface area contributed by atoms with Gasteiger partial charge in [0, 0.05) is 5.02 Å². The van der Waals surface area contributed by atoms with E-state index in [1.807, 2.05) is 0 Å². The molecule has 2 nitrogen and oxygen atoms in total. The minimum absolute atomic E-state index is 0.0751. The maximum Gasteiger partial charge on any atom is 0.311 e. The first-order chi connectivity index (χ1) is 9.09. The maximum absolute atomic E-state index is 13.6. The number of carboxylic acids is 1. The van der Waals surface area contributed by atoms with E-state index in [-0.39, 0.29) is 6.42 Å². The molecule has 0 aromatic heterocycles. The monoisotopic (exact) mass is 278 g/mol. The third kappa shape index (κ3) is 3.12. The lowest BCUT2D eigenvalue weighted by Crippen LogP contribution is -2.15. The number of hydrogen-bond donors (Lipinski definition) is 1. The number of carbonyl (C=O) groups is 1. The highest BCUT2D eigenvalue weighted by Crippen LogP contribution is 2.28. The van der Waals surface area contributed by atoms with Crippen LogP contribution in [0.4, 0.5) is 4.39 Å². The molecule has 19 heavy (non-hydrogen) atoms. The smallest absolute Gasteiger partial charge is 0.311 e. The average Bonchev–Trinajstić information content (AvgIpc) is 2.38. The Morgan fingerprint density at radius 2 is 1.79 bits per heavy atom. The predicted molar refractivity (Wildman–Crippen MR) is 71.9 cm³/mol. The zero-order valence-electron chi connectivity index (χ0n) is 10.0. The van der Waals surface area contributed by atoms with Crippen LogP contribution >= 0.6 is 11.6 Å². The Hall–Kier alpha value is -1.87. The molecule has 0 amide bonds. The van der Waals surface area contributed by atoms with Gasteiger partial charge in [0.2, 0.25) is 0 Å². The lowest BCUT2D eigenvalue weighted by molar-refractivity contribution is -0.138. The molecule has 2 aromatic rings. The summed E-state index contributed by atoms with van der Waals surface area (Å²) < 4.78 is 13.6. The summed E-state index contributed by atoms with van der Waals surface area (Å²) in [4.78, 5) is 11.4. The van der Waals surface area contributed by atoms with Gasteiger partial charge < -0.3 is 5.11 Å². The highest BCUT2D eigenvalue weighted by atomic mass is 35.5. The average molecular weight is 279 g/mol. The van der Waals surface area contributed by atoms with E-state index < -0.39 is 17.7 Å². The van der Waals surface area contributed by atoms with Crippen LogP contribution in [0.2, 0.25) is 5.02 Å². The maximum atomic E-state index is 13.6. The highest BCUT2D eigenvalue weighted by Gasteiger charge is 2.23. The van der Waals surface area contributed by atoms with Crippen LogP contribution in [0, 0.1) is 5.82 Å². The third-order valence-corrected chi connectivity index (χ3v) is 3.30. The third-order valence-electron chi connectivity index (χ3n) is 2.96. The first-order valence-corrected chi connectivity index (χ1v) is 6.18. The van der Waals surface area contributed by atoms with Crippen molar-refractivity contribution >= 4 is 17.6 Å². The summed E-state index contributed by atoms with van der Waals surface area (Å²) in [6.07, 6.45) is 0.0751. The zero-order chi connectivity index (χ0) is 13.8. The molecule has 0 heterocycles. The van der Waals surface area contributed by atoms with Gasteiger partial charge in [0.25, 0.3) is 0 Å². The van der Waals surface area contributed by atoms with Crippen molar-refractivity contribution in [2.75, 3.05) is 0 Å². The summed E-state index contributed by atoms with van der Waals surface area (Å²) in [7, 11) is 0. The largest absolute Gasteiger partial charge is 0.481 e. The van der Waals surface area contributed by atoms with E-state index in [1.54, 1.807) is 42.5 Å².